The van der Waals surface area contributed by atoms with Crippen LogP contribution in [0.25, 0.3) is 0 Å². The molecule has 2 unspecified atom stereocenters. The van der Waals surface area contributed by atoms with Gasteiger partial charge in [0, 0.05) is 6.61 Å². The quantitative estimate of drug-likeness (QED) is 0.639. The van der Waals surface area contributed by atoms with Crippen molar-refractivity contribution in [2.75, 3.05) is 6.61 Å². The van der Waals surface area contributed by atoms with Crippen molar-refractivity contribution in [1.82, 2.24) is 0 Å². The molecule has 1 rings (SSSR count). The van der Waals surface area contributed by atoms with E-state index in [0.717, 1.165) is 13.0 Å². The van der Waals surface area contributed by atoms with Crippen molar-refractivity contribution < 1.29 is 4.74 Å². The van der Waals surface area contributed by atoms with Crippen molar-refractivity contribution in [3.63, 3.8) is 0 Å². The zero-order valence-electron chi connectivity index (χ0n) is 8.26. The number of rotatable bonds is 2. The van der Waals surface area contributed by atoms with Crippen molar-refractivity contribution in [2.45, 2.75) is 38.3 Å². The lowest BCUT2D eigenvalue weighted by molar-refractivity contribution is -0.00948. The SMILES string of the molecule is C=CC(C)C1(N)CCOC1(C)C. The summed E-state index contributed by atoms with van der Waals surface area (Å²) in [6.07, 6.45) is 2.84. The van der Waals surface area contributed by atoms with Gasteiger partial charge in [-0.15, -0.1) is 6.58 Å². The summed E-state index contributed by atoms with van der Waals surface area (Å²) in [5.74, 6) is 0.301. The van der Waals surface area contributed by atoms with E-state index in [1.165, 1.54) is 0 Å². The molecule has 0 spiro atoms. The first-order chi connectivity index (χ1) is 5.44. The highest BCUT2D eigenvalue weighted by Crippen LogP contribution is 2.39. The predicted molar refractivity (Wildman–Crippen MR) is 50.9 cm³/mol. The highest BCUT2D eigenvalue weighted by Gasteiger charge is 2.49. The van der Waals surface area contributed by atoms with Gasteiger partial charge in [-0.25, -0.2) is 0 Å². The molecule has 2 heteroatoms. The summed E-state index contributed by atoms with van der Waals surface area (Å²) in [5.41, 5.74) is 5.83. The molecule has 1 fully saturated rings. The van der Waals surface area contributed by atoms with Gasteiger partial charge in [-0.05, 0) is 26.2 Å². The number of hydrogen-bond donors (Lipinski definition) is 1. The molecule has 0 aromatic carbocycles. The highest BCUT2D eigenvalue weighted by molar-refractivity contribution is 5.10. The molecule has 1 heterocycles. The van der Waals surface area contributed by atoms with Crippen LogP contribution in [-0.4, -0.2) is 17.7 Å². The summed E-state index contributed by atoms with van der Waals surface area (Å²) >= 11 is 0. The fourth-order valence-corrected chi connectivity index (χ4v) is 1.90. The van der Waals surface area contributed by atoms with Crippen LogP contribution in [0.2, 0.25) is 0 Å². The van der Waals surface area contributed by atoms with Gasteiger partial charge >= 0.3 is 0 Å². The van der Waals surface area contributed by atoms with Gasteiger partial charge in [0.1, 0.15) is 0 Å². The van der Waals surface area contributed by atoms with Crippen molar-refractivity contribution in [1.29, 1.82) is 0 Å². The minimum atomic E-state index is -0.241. The van der Waals surface area contributed by atoms with Gasteiger partial charge in [0.25, 0.3) is 0 Å². The van der Waals surface area contributed by atoms with Crippen molar-refractivity contribution in [2.24, 2.45) is 11.7 Å². The molecular formula is C10H19NO. The van der Waals surface area contributed by atoms with Gasteiger partial charge in [0.15, 0.2) is 0 Å². The fourth-order valence-electron chi connectivity index (χ4n) is 1.90. The Labute approximate surface area is 74.8 Å². The predicted octanol–water partition coefficient (Wildman–Crippen LogP) is 1.70. The Morgan fingerprint density at radius 3 is 2.50 bits per heavy atom. The molecule has 0 amide bonds. The topological polar surface area (TPSA) is 35.2 Å². The lowest BCUT2D eigenvalue weighted by Gasteiger charge is -2.40. The Bertz CT molecular complexity index is 188. The van der Waals surface area contributed by atoms with E-state index in [9.17, 15) is 0 Å². The van der Waals surface area contributed by atoms with Crippen LogP contribution in [-0.2, 0) is 4.74 Å². The molecule has 0 aliphatic carbocycles. The van der Waals surface area contributed by atoms with Crippen LogP contribution in [0, 0.1) is 5.92 Å². The maximum Gasteiger partial charge on any atom is 0.0811 e. The van der Waals surface area contributed by atoms with Crippen LogP contribution < -0.4 is 5.73 Å². The molecule has 70 valence electrons. The minimum Gasteiger partial charge on any atom is -0.374 e. The molecule has 1 aliphatic rings. The van der Waals surface area contributed by atoms with Gasteiger partial charge in [0.05, 0.1) is 11.1 Å². The first-order valence-corrected chi connectivity index (χ1v) is 4.49. The Balaban J connectivity index is 2.89. The molecule has 12 heavy (non-hydrogen) atoms. The lowest BCUT2D eigenvalue weighted by Crippen LogP contribution is -2.57. The van der Waals surface area contributed by atoms with Gasteiger partial charge in [-0.3, -0.25) is 0 Å². The maximum atomic E-state index is 6.29. The van der Waals surface area contributed by atoms with Crippen molar-refractivity contribution in [3.8, 4) is 0 Å². The molecule has 0 aromatic rings. The van der Waals surface area contributed by atoms with Crippen LogP contribution >= 0.6 is 0 Å². The first-order valence-electron chi connectivity index (χ1n) is 4.49. The summed E-state index contributed by atoms with van der Waals surface area (Å²) in [6.45, 7) is 10.8. The highest BCUT2D eigenvalue weighted by atomic mass is 16.5. The number of hydrogen-bond acceptors (Lipinski definition) is 2. The molecule has 2 nitrogen and oxygen atoms in total. The van der Waals surface area contributed by atoms with Crippen LogP contribution in [0.5, 0.6) is 0 Å². The zero-order chi connectivity index (χ0) is 9.41. The molecule has 0 aromatic heterocycles. The largest absolute Gasteiger partial charge is 0.374 e. The van der Waals surface area contributed by atoms with E-state index in [2.05, 4.69) is 27.4 Å². The van der Waals surface area contributed by atoms with E-state index in [-0.39, 0.29) is 11.1 Å². The fraction of sp³-hybridized carbons (Fsp3) is 0.800. The monoisotopic (exact) mass is 169 g/mol. The van der Waals surface area contributed by atoms with Crippen molar-refractivity contribution >= 4 is 0 Å². The number of nitrogens with two attached hydrogens (primary N) is 1. The summed E-state index contributed by atoms with van der Waals surface area (Å²) in [4.78, 5) is 0. The average molecular weight is 169 g/mol. The second-order valence-corrected chi connectivity index (χ2v) is 4.17. The van der Waals surface area contributed by atoms with Crippen LogP contribution in [0.1, 0.15) is 27.2 Å². The van der Waals surface area contributed by atoms with Gasteiger partial charge < -0.3 is 10.5 Å². The number of ether oxygens (including phenoxy) is 1. The molecule has 2 atom stereocenters. The molecule has 2 N–H and O–H groups in total. The minimum absolute atomic E-state index is 0.222. The van der Waals surface area contributed by atoms with E-state index in [0.29, 0.717) is 5.92 Å². The Morgan fingerprint density at radius 2 is 2.17 bits per heavy atom. The van der Waals surface area contributed by atoms with Gasteiger partial charge in [0.2, 0.25) is 0 Å². The summed E-state index contributed by atoms with van der Waals surface area (Å²) < 4.78 is 5.61. The van der Waals surface area contributed by atoms with Gasteiger partial charge in [-0.2, -0.15) is 0 Å². The zero-order valence-corrected chi connectivity index (χ0v) is 8.26. The third-order valence-electron chi connectivity index (χ3n) is 3.27. The lowest BCUT2D eigenvalue weighted by atomic mass is 9.73. The van der Waals surface area contributed by atoms with E-state index in [1.807, 2.05) is 6.08 Å². The van der Waals surface area contributed by atoms with E-state index in [4.69, 9.17) is 10.5 Å². The average Bonchev–Trinajstić information content (AvgIpc) is 2.26. The van der Waals surface area contributed by atoms with E-state index in [1.54, 1.807) is 0 Å². The van der Waals surface area contributed by atoms with Crippen LogP contribution in [0.15, 0.2) is 12.7 Å². The molecule has 1 saturated heterocycles. The normalized spacial score (nSPS) is 36.3. The third kappa shape index (κ3) is 1.19. The Morgan fingerprint density at radius 1 is 1.58 bits per heavy atom. The molecule has 0 saturated carbocycles. The van der Waals surface area contributed by atoms with Crippen molar-refractivity contribution in [3.05, 3.63) is 12.7 Å². The molecule has 0 radical (unpaired) electrons. The smallest absolute Gasteiger partial charge is 0.0811 e. The summed E-state index contributed by atoms with van der Waals surface area (Å²) in [6, 6.07) is 0. The summed E-state index contributed by atoms with van der Waals surface area (Å²) in [5, 5.41) is 0. The van der Waals surface area contributed by atoms with Crippen LogP contribution in [0.4, 0.5) is 0 Å². The van der Waals surface area contributed by atoms with Gasteiger partial charge in [-0.1, -0.05) is 13.0 Å². The standard InChI is InChI=1S/C10H19NO/c1-5-8(2)10(11)6-7-12-9(10,3)4/h5,8H,1,6-7,11H2,2-4H3. The maximum absolute atomic E-state index is 6.29. The second kappa shape index (κ2) is 2.86. The molecular weight excluding hydrogens is 150 g/mol. The Kier molecular flexibility index (Phi) is 2.32. The van der Waals surface area contributed by atoms with E-state index < -0.39 is 0 Å². The molecule has 0 bridgehead atoms. The third-order valence-corrected chi connectivity index (χ3v) is 3.27. The first kappa shape index (κ1) is 9.75. The van der Waals surface area contributed by atoms with Crippen LogP contribution in [0.3, 0.4) is 0 Å². The molecule has 1 aliphatic heterocycles. The second-order valence-electron chi connectivity index (χ2n) is 4.17. The van der Waals surface area contributed by atoms with E-state index >= 15 is 0 Å². The Hall–Kier alpha value is -0.340. The summed E-state index contributed by atoms with van der Waals surface area (Å²) in [7, 11) is 0.